The van der Waals surface area contributed by atoms with Crippen LogP contribution in [0.25, 0.3) is 0 Å². The van der Waals surface area contributed by atoms with E-state index in [4.69, 9.17) is 11.6 Å². The number of carbonyl (C=O) groups is 2. The Morgan fingerprint density at radius 3 is 1.88 bits per heavy atom. The molecule has 0 aliphatic heterocycles. The lowest BCUT2D eigenvalue weighted by Crippen LogP contribution is -2.19. The van der Waals surface area contributed by atoms with Gasteiger partial charge in [-0.2, -0.15) is 0 Å². The molecular formula is C16H14ClF5O2. The van der Waals surface area contributed by atoms with Crippen molar-refractivity contribution in [1.29, 1.82) is 0 Å². The van der Waals surface area contributed by atoms with Crippen LogP contribution < -0.4 is 0 Å². The fourth-order valence-electron chi connectivity index (χ4n) is 1.93. The van der Waals surface area contributed by atoms with Gasteiger partial charge >= 0.3 is 0 Å². The maximum absolute atomic E-state index is 13.5. The molecule has 0 amide bonds. The number of ketones is 2. The van der Waals surface area contributed by atoms with E-state index in [0.29, 0.717) is 12.5 Å². The largest absolute Gasteiger partial charge is 0.286 e. The maximum atomic E-state index is 13.5. The van der Waals surface area contributed by atoms with Crippen LogP contribution in [0.2, 0.25) is 0 Å². The van der Waals surface area contributed by atoms with E-state index in [1.165, 1.54) is 0 Å². The van der Waals surface area contributed by atoms with Gasteiger partial charge in [-0.15, -0.1) is 0 Å². The van der Waals surface area contributed by atoms with Gasteiger partial charge in [-0.1, -0.05) is 37.8 Å². The van der Waals surface area contributed by atoms with Gasteiger partial charge in [0.2, 0.25) is 17.4 Å². The van der Waals surface area contributed by atoms with E-state index >= 15 is 0 Å². The summed E-state index contributed by atoms with van der Waals surface area (Å²) in [5.74, 6) is -15.0. The van der Waals surface area contributed by atoms with Crippen molar-refractivity contribution in [2.75, 3.05) is 0 Å². The van der Waals surface area contributed by atoms with Gasteiger partial charge in [0.05, 0.1) is 0 Å². The average molecular weight is 369 g/mol. The molecule has 2 nitrogen and oxygen atoms in total. The van der Waals surface area contributed by atoms with Crippen LogP contribution in [0.5, 0.6) is 0 Å². The highest BCUT2D eigenvalue weighted by Gasteiger charge is 2.32. The van der Waals surface area contributed by atoms with Gasteiger partial charge in [0.25, 0.3) is 0 Å². The lowest BCUT2D eigenvalue weighted by molar-refractivity contribution is -0.111. The molecule has 0 heterocycles. The van der Waals surface area contributed by atoms with Gasteiger partial charge in [-0.3, -0.25) is 9.59 Å². The van der Waals surface area contributed by atoms with E-state index in [1.54, 1.807) is 0 Å². The number of hydrogen-bond donors (Lipinski definition) is 0. The van der Waals surface area contributed by atoms with Crippen molar-refractivity contribution in [2.24, 2.45) is 0 Å². The summed E-state index contributed by atoms with van der Waals surface area (Å²) in [6.07, 6.45) is 4.28. The molecule has 132 valence electrons. The minimum absolute atomic E-state index is 0.0340. The molecule has 0 saturated heterocycles. The number of hydrogen-bond acceptors (Lipinski definition) is 2. The number of allylic oxidation sites excluding steroid dienone is 2. The zero-order chi connectivity index (χ0) is 18.4. The molecule has 0 unspecified atom stereocenters. The van der Waals surface area contributed by atoms with E-state index < -0.39 is 46.2 Å². The first-order valence-corrected chi connectivity index (χ1v) is 7.56. The van der Waals surface area contributed by atoms with Gasteiger partial charge in [0, 0.05) is 11.1 Å². The first-order chi connectivity index (χ1) is 11.2. The molecule has 0 N–H and O–H groups in total. The first kappa shape index (κ1) is 20.3. The van der Waals surface area contributed by atoms with Crippen LogP contribution in [0.4, 0.5) is 22.0 Å². The zero-order valence-corrected chi connectivity index (χ0v) is 13.5. The first-order valence-electron chi connectivity index (χ1n) is 7.18. The zero-order valence-electron chi connectivity index (χ0n) is 12.7. The van der Waals surface area contributed by atoms with E-state index in [9.17, 15) is 31.5 Å². The second-order valence-corrected chi connectivity index (χ2v) is 5.53. The fraction of sp³-hybridized carbons (Fsp3) is 0.375. The third kappa shape index (κ3) is 4.63. The molecule has 1 aromatic carbocycles. The lowest BCUT2D eigenvalue weighted by atomic mass is 10.0. The van der Waals surface area contributed by atoms with E-state index in [2.05, 4.69) is 0 Å². The van der Waals surface area contributed by atoms with Gasteiger partial charge in [-0.05, 0) is 12.8 Å². The molecule has 0 saturated carbocycles. The average Bonchev–Trinajstić information content (AvgIpc) is 2.55. The molecule has 0 atom stereocenters. The van der Waals surface area contributed by atoms with Gasteiger partial charge in [-0.25, -0.2) is 22.0 Å². The highest BCUT2D eigenvalue weighted by molar-refractivity contribution is 6.49. The Morgan fingerprint density at radius 1 is 0.875 bits per heavy atom. The predicted octanol–water partition coefficient (Wildman–Crippen LogP) is 5.23. The highest BCUT2D eigenvalue weighted by atomic mass is 35.5. The summed E-state index contributed by atoms with van der Waals surface area (Å²) >= 11 is 5.75. The highest BCUT2D eigenvalue weighted by Crippen LogP contribution is 2.24. The van der Waals surface area contributed by atoms with Crippen LogP contribution in [0.15, 0.2) is 11.1 Å². The van der Waals surface area contributed by atoms with Crippen LogP contribution in [0, 0.1) is 29.1 Å². The minimum Gasteiger partial charge on any atom is -0.286 e. The number of unbranched alkanes of at least 4 members (excludes halogenated alkanes) is 3. The molecule has 0 spiro atoms. The Bertz CT molecular complexity index is 657. The molecule has 0 bridgehead atoms. The van der Waals surface area contributed by atoms with Crippen LogP contribution in [0.1, 0.15) is 49.4 Å². The molecule has 0 radical (unpaired) electrons. The number of benzene rings is 1. The Kier molecular flexibility index (Phi) is 7.54. The topological polar surface area (TPSA) is 34.1 Å². The van der Waals surface area contributed by atoms with E-state index in [-0.39, 0.29) is 11.5 Å². The summed E-state index contributed by atoms with van der Waals surface area (Å²) in [4.78, 5) is 23.4. The molecular weight excluding hydrogens is 355 g/mol. The number of Topliss-reactive ketones (excluding diaryl/α,β-unsaturated/α-hetero) is 1. The molecule has 0 fully saturated rings. The Hall–Kier alpha value is -1.76. The van der Waals surface area contributed by atoms with Crippen LogP contribution >= 0.6 is 11.6 Å². The summed E-state index contributed by atoms with van der Waals surface area (Å²) in [5.41, 5.74) is -1.79. The Balaban J connectivity index is 3.00. The summed E-state index contributed by atoms with van der Waals surface area (Å²) < 4.78 is 66.0. The van der Waals surface area contributed by atoms with Crippen LogP contribution in [0.3, 0.4) is 0 Å². The lowest BCUT2D eigenvalue weighted by Gasteiger charge is -2.06. The molecule has 0 aromatic heterocycles. The third-order valence-electron chi connectivity index (χ3n) is 3.22. The van der Waals surface area contributed by atoms with Gasteiger partial charge in [0.15, 0.2) is 23.3 Å². The standard InChI is InChI=1S/C16H14ClF5O2/c1-2-3-4-5-6-8(17)7-9(23)16(24)10-11(18)13(20)15(22)14(21)12(10)19/h7H,2-6H2,1H3/b8-7-. The predicted molar refractivity (Wildman–Crippen MR) is 78.3 cm³/mol. The molecule has 1 aromatic rings. The monoisotopic (exact) mass is 368 g/mol. The number of carbonyl (C=O) groups excluding carboxylic acids is 2. The summed E-state index contributed by atoms with van der Waals surface area (Å²) in [6.45, 7) is 1.99. The van der Waals surface area contributed by atoms with Crippen molar-refractivity contribution in [3.8, 4) is 0 Å². The van der Waals surface area contributed by atoms with Gasteiger partial charge in [0.1, 0.15) is 5.56 Å². The van der Waals surface area contributed by atoms with Crippen molar-refractivity contribution >= 4 is 23.2 Å². The number of rotatable bonds is 8. The smallest absolute Gasteiger partial charge is 0.239 e. The third-order valence-corrected chi connectivity index (χ3v) is 3.52. The Morgan fingerprint density at radius 2 is 1.38 bits per heavy atom. The molecule has 1 rings (SSSR count). The second kappa shape index (κ2) is 8.92. The summed E-state index contributed by atoms with van der Waals surface area (Å²) in [7, 11) is 0. The second-order valence-electron chi connectivity index (χ2n) is 5.04. The van der Waals surface area contributed by atoms with Crippen molar-refractivity contribution in [2.45, 2.75) is 39.0 Å². The quantitative estimate of drug-likeness (QED) is 0.120. The Labute approximate surface area is 140 Å². The number of halogens is 6. The molecule has 8 heteroatoms. The van der Waals surface area contributed by atoms with Gasteiger partial charge < -0.3 is 0 Å². The van der Waals surface area contributed by atoms with Crippen molar-refractivity contribution in [3.05, 3.63) is 45.8 Å². The summed E-state index contributed by atoms with van der Waals surface area (Å²) in [6, 6.07) is 0. The summed E-state index contributed by atoms with van der Waals surface area (Å²) in [5, 5.41) is -0.0340. The normalized spacial score (nSPS) is 11.7. The molecule has 24 heavy (non-hydrogen) atoms. The SMILES string of the molecule is CCCCCC/C(Cl)=C/C(=O)C(=O)c1c(F)c(F)c(F)c(F)c1F. The van der Waals surface area contributed by atoms with Crippen LogP contribution in [-0.4, -0.2) is 11.6 Å². The van der Waals surface area contributed by atoms with Crippen LogP contribution in [-0.2, 0) is 4.79 Å². The fourth-order valence-corrected chi connectivity index (χ4v) is 2.16. The van der Waals surface area contributed by atoms with E-state index in [1.807, 2.05) is 6.92 Å². The van der Waals surface area contributed by atoms with Crippen molar-refractivity contribution < 1.29 is 31.5 Å². The maximum Gasteiger partial charge on any atom is 0.239 e. The van der Waals surface area contributed by atoms with Crippen molar-refractivity contribution in [1.82, 2.24) is 0 Å². The molecule has 0 aliphatic carbocycles. The molecule has 0 aliphatic rings. The minimum atomic E-state index is -2.40. The van der Waals surface area contributed by atoms with Crippen molar-refractivity contribution in [3.63, 3.8) is 0 Å². The van der Waals surface area contributed by atoms with E-state index in [0.717, 1.165) is 19.3 Å².